The smallest absolute Gasteiger partial charge is 0.246 e. The van der Waals surface area contributed by atoms with Crippen LogP contribution in [0.2, 0.25) is 0 Å². The summed E-state index contributed by atoms with van der Waals surface area (Å²) in [5.74, 6) is -0.580. The number of carbonyl (C=O) groups is 2. The Kier molecular flexibility index (Phi) is 13.5. The van der Waals surface area contributed by atoms with E-state index in [2.05, 4.69) is 15.1 Å². The van der Waals surface area contributed by atoms with Crippen molar-refractivity contribution in [1.29, 1.82) is 0 Å². The average molecular weight is 597 g/mol. The Hall–Kier alpha value is -3.40. The van der Waals surface area contributed by atoms with Crippen LogP contribution in [0.4, 0.5) is 8.78 Å². The molecule has 7 nitrogen and oxygen atoms in total. The van der Waals surface area contributed by atoms with Gasteiger partial charge in [0.05, 0.1) is 5.60 Å². The number of halogens is 2. The van der Waals surface area contributed by atoms with Gasteiger partial charge in [0.2, 0.25) is 12.3 Å². The highest BCUT2D eigenvalue weighted by atomic mass is 19.1. The summed E-state index contributed by atoms with van der Waals surface area (Å²) in [4.78, 5) is 29.7. The summed E-state index contributed by atoms with van der Waals surface area (Å²) in [6.07, 6.45) is 5.78. The number of nitrogens with zero attached hydrogens (tertiary/aromatic N) is 3. The summed E-state index contributed by atoms with van der Waals surface area (Å²) in [6, 6.07) is 12.8. The summed E-state index contributed by atoms with van der Waals surface area (Å²) in [6.45, 7) is 13.3. The first-order valence-corrected chi connectivity index (χ1v) is 15.0. The van der Waals surface area contributed by atoms with Gasteiger partial charge in [-0.3, -0.25) is 19.4 Å². The van der Waals surface area contributed by atoms with Crippen LogP contribution in [-0.4, -0.2) is 98.6 Å². The highest BCUT2D eigenvalue weighted by molar-refractivity contribution is 5.88. The molecule has 0 bridgehead atoms. The van der Waals surface area contributed by atoms with Gasteiger partial charge in [0.25, 0.3) is 0 Å². The predicted octanol–water partition coefficient (Wildman–Crippen LogP) is 4.74. The monoisotopic (exact) mass is 596 g/mol. The van der Waals surface area contributed by atoms with Crippen molar-refractivity contribution in [3.8, 4) is 0 Å². The highest BCUT2D eigenvalue weighted by Gasteiger charge is 2.22. The van der Waals surface area contributed by atoms with Crippen LogP contribution in [0.3, 0.4) is 0 Å². The molecule has 2 aromatic rings. The molecule has 0 aromatic heterocycles. The van der Waals surface area contributed by atoms with Crippen LogP contribution in [0, 0.1) is 11.6 Å². The molecule has 2 heterocycles. The number of piperidine rings is 1. The number of nitrogens with one attached hydrogen (secondary N) is 1. The number of benzene rings is 2. The zero-order chi connectivity index (χ0) is 31.2. The van der Waals surface area contributed by atoms with Crippen LogP contribution in [0.5, 0.6) is 0 Å². The quantitative estimate of drug-likeness (QED) is 0.258. The molecule has 0 spiro atoms. The maximum absolute atomic E-state index is 13.5. The van der Waals surface area contributed by atoms with E-state index < -0.39 is 0 Å². The number of ether oxygens (including phenoxy) is 1. The second kappa shape index (κ2) is 17.0. The van der Waals surface area contributed by atoms with E-state index in [9.17, 15) is 18.4 Å². The Balaban J connectivity index is 0.000000765. The molecule has 2 aliphatic heterocycles. The molecule has 2 aromatic carbocycles. The molecule has 2 fully saturated rings. The Morgan fingerprint density at radius 2 is 1.35 bits per heavy atom. The minimum Gasteiger partial charge on any atom is -0.379 e. The van der Waals surface area contributed by atoms with E-state index >= 15 is 0 Å². The summed E-state index contributed by atoms with van der Waals surface area (Å²) in [7, 11) is 1.71. The topological polar surface area (TPSA) is 65.1 Å². The molecule has 9 heteroatoms. The minimum absolute atomic E-state index is 0.0164. The summed E-state index contributed by atoms with van der Waals surface area (Å²) in [5.41, 5.74) is 4.00. The highest BCUT2D eigenvalue weighted by Crippen LogP contribution is 2.32. The van der Waals surface area contributed by atoms with Gasteiger partial charge in [0, 0.05) is 72.1 Å². The molecule has 0 aliphatic carbocycles. The van der Waals surface area contributed by atoms with Crippen LogP contribution >= 0.6 is 0 Å². The van der Waals surface area contributed by atoms with Gasteiger partial charge in [-0.1, -0.05) is 35.9 Å². The van der Waals surface area contributed by atoms with Crippen molar-refractivity contribution in [3.05, 3.63) is 89.0 Å². The molecule has 2 amide bonds. The van der Waals surface area contributed by atoms with Gasteiger partial charge >= 0.3 is 0 Å². The van der Waals surface area contributed by atoms with Crippen molar-refractivity contribution in [2.45, 2.75) is 39.2 Å². The molecule has 4 rings (SSSR count). The Labute approximate surface area is 255 Å². The Morgan fingerprint density at radius 1 is 0.860 bits per heavy atom. The van der Waals surface area contributed by atoms with Crippen molar-refractivity contribution in [3.63, 3.8) is 0 Å². The SMILES string of the molecule is COC(C)(C)C.O=CNCCN1CCN(C/C=C/C(=O)N2CCC(=C(c3ccc(F)cc3)c3ccc(F)cc3)CC2)CC1. The third-order valence-corrected chi connectivity index (χ3v) is 7.66. The second-order valence-electron chi connectivity index (χ2n) is 11.8. The molecule has 1 N–H and O–H groups in total. The number of piperazine rings is 1. The fourth-order valence-corrected chi connectivity index (χ4v) is 4.94. The van der Waals surface area contributed by atoms with Gasteiger partial charge in [0.15, 0.2) is 0 Å². The number of rotatable bonds is 9. The molecule has 0 atom stereocenters. The van der Waals surface area contributed by atoms with Crippen molar-refractivity contribution >= 4 is 17.9 Å². The van der Waals surface area contributed by atoms with Crippen molar-refractivity contribution in [2.24, 2.45) is 0 Å². The van der Waals surface area contributed by atoms with Crippen LogP contribution < -0.4 is 5.32 Å². The van der Waals surface area contributed by atoms with Gasteiger partial charge in [-0.25, -0.2) is 8.78 Å². The van der Waals surface area contributed by atoms with Gasteiger partial charge in [0.1, 0.15) is 11.6 Å². The van der Waals surface area contributed by atoms with Gasteiger partial charge in [-0.2, -0.15) is 0 Å². The van der Waals surface area contributed by atoms with E-state index in [-0.39, 0.29) is 23.1 Å². The largest absolute Gasteiger partial charge is 0.379 e. The molecule has 0 unspecified atom stereocenters. The lowest BCUT2D eigenvalue weighted by molar-refractivity contribution is -0.126. The fraction of sp³-hybridized carbons (Fsp3) is 0.471. The summed E-state index contributed by atoms with van der Waals surface area (Å²) in [5, 5.41) is 2.69. The van der Waals surface area contributed by atoms with E-state index in [1.807, 2.05) is 31.7 Å². The number of hydrogen-bond acceptors (Lipinski definition) is 5. The zero-order valence-corrected chi connectivity index (χ0v) is 26.0. The van der Waals surface area contributed by atoms with E-state index in [0.717, 1.165) is 62.4 Å². The molecule has 0 radical (unpaired) electrons. The van der Waals surface area contributed by atoms with Crippen molar-refractivity contribution < 1.29 is 23.1 Å². The summed E-state index contributed by atoms with van der Waals surface area (Å²) >= 11 is 0. The lowest BCUT2D eigenvalue weighted by Gasteiger charge is -2.34. The van der Waals surface area contributed by atoms with E-state index in [4.69, 9.17) is 4.74 Å². The van der Waals surface area contributed by atoms with Crippen LogP contribution in [0.1, 0.15) is 44.7 Å². The number of carbonyl (C=O) groups excluding carboxylic acids is 2. The molecule has 234 valence electrons. The Bertz CT molecular complexity index is 1160. The summed E-state index contributed by atoms with van der Waals surface area (Å²) < 4.78 is 32.0. The first-order chi connectivity index (χ1) is 20.6. The first-order valence-electron chi connectivity index (χ1n) is 15.0. The van der Waals surface area contributed by atoms with E-state index in [0.29, 0.717) is 32.5 Å². The zero-order valence-electron chi connectivity index (χ0n) is 26.0. The third kappa shape index (κ3) is 11.7. The normalized spacial score (nSPS) is 16.5. The standard InChI is InChI=1S/C29H34F2N4O2.C5H12O/c30-26-7-3-23(4-8-26)29(24-5-9-27(31)10-6-24)25-11-15-35(16-12-25)28(37)2-1-14-33-18-20-34(21-19-33)17-13-32-22-36;1-5(2,3)6-4/h1-10,22H,11-21H2,(H,32,36);1-4H3/b2-1+;. The number of amides is 2. The predicted molar refractivity (Wildman–Crippen MR) is 167 cm³/mol. The van der Waals surface area contributed by atoms with Gasteiger partial charge in [-0.15, -0.1) is 0 Å². The van der Waals surface area contributed by atoms with E-state index in [1.165, 1.54) is 29.8 Å². The fourth-order valence-electron chi connectivity index (χ4n) is 4.94. The van der Waals surface area contributed by atoms with Crippen molar-refractivity contribution in [2.75, 3.05) is 66.0 Å². The lowest BCUT2D eigenvalue weighted by Crippen LogP contribution is -2.48. The average Bonchev–Trinajstić information content (AvgIpc) is 3.00. The maximum atomic E-state index is 13.5. The van der Waals surface area contributed by atoms with Crippen LogP contribution in [0.15, 0.2) is 66.3 Å². The first kappa shape index (κ1) is 34.1. The van der Waals surface area contributed by atoms with Gasteiger partial charge in [-0.05, 0) is 74.6 Å². The third-order valence-electron chi connectivity index (χ3n) is 7.66. The minimum atomic E-state index is -0.298. The molecular weight excluding hydrogens is 550 g/mol. The van der Waals surface area contributed by atoms with Gasteiger partial charge < -0.3 is 15.0 Å². The number of methoxy groups -OCH3 is 1. The number of likely N-dealkylation sites (tertiary alicyclic amines) is 1. The maximum Gasteiger partial charge on any atom is 0.246 e. The molecule has 43 heavy (non-hydrogen) atoms. The molecule has 2 saturated heterocycles. The molecule has 0 saturated carbocycles. The van der Waals surface area contributed by atoms with E-state index in [1.54, 1.807) is 37.5 Å². The molecule has 2 aliphatic rings. The van der Waals surface area contributed by atoms with Crippen LogP contribution in [-0.2, 0) is 14.3 Å². The lowest BCUT2D eigenvalue weighted by atomic mass is 9.88. The molecular formula is C34H46F2N4O3. The Morgan fingerprint density at radius 3 is 1.81 bits per heavy atom. The number of hydrogen-bond donors (Lipinski definition) is 1. The second-order valence-corrected chi connectivity index (χ2v) is 11.8. The van der Waals surface area contributed by atoms with Crippen molar-refractivity contribution in [1.82, 2.24) is 20.0 Å². The van der Waals surface area contributed by atoms with Crippen LogP contribution in [0.25, 0.3) is 5.57 Å².